The van der Waals surface area contributed by atoms with Crippen molar-refractivity contribution < 1.29 is 9.18 Å². The zero-order valence-electron chi connectivity index (χ0n) is 16.7. The highest BCUT2D eigenvalue weighted by atomic mass is 19.1. The molecule has 1 heterocycles. The number of hydrogen-bond donors (Lipinski definition) is 0. The quantitative estimate of drug-likeness (QED) is 0.463. The Labute approximate surface area is 175 Å². The van der Waals surface area contributed by atoms with E-state index in [9.17, 15) is 9.18 Å². The number of para-hydroxylation sites is 1. The van der Waals surface area contributed by atoms with Crippen LogP contribution in [0.4, 0.5) is 4.39 Å². The molecule has 0 aliphatic rings. The van der Waals surface area contributed by atoms with Crippen LogP contribution in [0.2, 0.25) is 0 Å². The van der Waals surface area contributed by atoms with Crippen LogP contribution in [-0.2, 0) is 17.8 Å². The third-order valence-electron chi connectivity index (χ3n) is 4.99. The first kappa shape index (κ1) is 19.6. The SMILES string of the molecule is CN(Cc1cn(-c2ccccc2)nc1-c1ccccc1)C(=O)Cc1ccccc1F. The van der Waals surface area contributed by atoms with E-state index in [2.05, 4.69) is 0 Å². The molecule has 4 nitrogen and oxygen atoms in total. The van der Waals surface area contributed by atoms with E-state index in [-0.39, 0.29) is 18.1 Å². The number of rotatable bonds is 6. The molecule has 0 aliphatic carbocycles. The van der Waals surface area contributed by atoms with Crippen LogP contribution in [-0.4, -0.2) is 27.6 Å². The molecule has 1 amide bonds. The smallest absolute Gasteiger partial charge is 0.227 e. The maximum atomic E-state index is 13.9. The van der Waals surface area contributed by atoms with Gasteiger partial charge in [-0.2, -0.15) is 5.10 Å². The van der Waals surface area contributed by atoms with Gasteiger partial charge in [-0.3, -0.25) is 4.79 Å². The van der Waals surface area contributed by atoms with Crippen LogP contribution in [0.5, 0.6) is 0 Å². The average Bonchev–Trinajstić information content (AvgIpc) is 3.20. The topological polar surface area (TPSA) is 38.1 Å². The number of aromatic nitrogens is 2. The highest BCUT2D eigenvalue weighted by Crippen LogP contribution is 2.25. The van der Waals surface area contributed by atoms with Gasteiger partial charge in [0.1, 0.15) is 5.82 Å². The van der Waals surface area contributed by atoms with E-state index in [0.29, 0.717) is 12.1 Å². The van der Waals surface area contributed by atoms with E-state index in [0.717, 1.165) is 22.5 Å². The molecular formula is C25H22FN3O. The average molecular weight is 399 g/mol. The normalized spacial score (nSPS) is 10.7. The molecule has 0 atom stereocenters. The van der Waals surface area contributed by atoms with E-state index < -0.39 is 0 Å². The lowest BCUT2D eigenvalue weighted by Gasteiger charge is -2.17. The summed E-state index contributed by atoms with van der Waals surface area (Å²) >= 11 is 0. The van der Waals surface area contributed by atoms with Crippen molar-refractivity contribution in [2.75, 3.05) is 7.05 Å². The summed E-state index contributed by atoms with van der Waals surface area (Å²) in [6.45, 7) is 0.379. The van der Waals surface area contributed by atoms with Gasteiger partial charge in [-0.25, -0.2) is 9.07 Å². The number of benzene rings is 3. The highest BCUT2D eigenvalue weighted by Gasteiger charge is 2.18. The van der Waals surface area contributed by atoms with Crippen LogP contribution < -0.4 is 0 Å². The Hall–Kier alpha value is -3.73. The third kappa shape index (κ3) is 4.30. The van der Waals surface area contributed by atoms with Crippen LogP contribution in [0.25, 0.3) is 16.9 Å². The van der Waals surface area contributed by atoms with Crippen LogP contribution in [0.15, 0.2) is 91.1 Å². The number of halogens is 1. The minimum atomic E-state index is -0.360. The Morgan fingerprint density at radius 3 is 2.23 bits per heavy atom. The Balaban J connectivity index is 1.61. The molecule has 0 saturated carbocycles. The van der Waals surface area contributed by atoms with Gasteiger partial charge < -0.3 is 4.90 Å². The zero-order valence-corrected chi connectivity index (χ0v) is 16.7. The maximum Gasteiger partial charge on any atom is 0.227 e. The van der Waals surface area contributed by atoms with Gasteiger partial charge in [-0.15, -0.1) is 0 Å². The predicted molar refractivity (Wildman–Crippen MR) is 116 cm³/mol. The first-order chi connectivity index (χ1) is 14.6. The molecule has 0 radical (unpaired) electrons. The lowest BCUT2D eigenvalue weighted by atomic mass is 10.1. The van der Waals surface area contributed by atoms with Crippen molar-refractivity contribution in [1.29, 1.82) is 0 Å². The van der Waals surface area contributed by atoms with Crippen LogP contribution in [0.3, 0.4) is 0 Å². The fourth-order valence-corrected chi connectivity index (χ4v) is 3.36. The summed E-state index contributed by atoms with van der Waals surface area (Å²) in [6.07, 6.45) is 1.97. The van der Waals surface area contributed by atoms with Crippen LogP contribution in [0.1, 0.15) is 11.1 Å². The molecule has 1 aromatic heterocycles. The largest absolute Gasteiger partial charge is 0.341 e. The van der Waals surface area contributed by atoms with E-state index in [1.54, 1.807) is 30.1 Å². The molecule has 150 valence electrons. The van der Waals surface area contributed by atoms with Gasteiger partial charge in [-0.1, -0.05) is 66.7 Å². The number of carbonyl (C=O) groups excluding carboxylic acids is 1. The van der Waals surface area contributed by atoms with Gasteiger partial charge in [0.25, 0.3) is 0 Å². The van der Waals surface area contributed by atoms with Crippen molar-refractivity contribution in [2.45, 2.75) is 13.0 Å². The fourth-order valence-electron chi connectivity index (χ4n) is 3.36. The van der Waals surface area contributed by atoms with Crippen molar-refractivity contribution in [3.8, 4) is 16.9 Å². The molecule has 4 rings (SSSR count). The minimum Gasteiger partial charge on any atom is -0.341 e. The summed E-state index contributed by atoms with van der Waals surface area (Å²) in [5, 5.41) is 4.78. The van der Waals surface area contributed by atoms with Gasteiger partial charge >= 0.3 is 0 Å². The Morgan fingerprint density at radius 2 is 1.53 bits per heavy atom. The summed E-state index contributed by atoms with van der Waals surface area (Å²) in [7, 11) is 1.73. The first-order valence-electron chi connectivity index (χ1n) is 9.78. The third-order valence-corrected chi connectivity index (χ3v) is 4.99. The number of amides is 1. The van der Waals surface area contributed by atoms with Crippen molar-refractivity contribution in [3.05, 3.63) is 108 Å². The molecule has 0 N–H and O–H groups in total. The first-order valence-corrected chi connectivity index (χ1v) is 9.78. The molecule has 3 aromatic carbocycles. The molecule has 30 heavy (non-hydrogen) atoms. The van der Waals surface area contributed by atoms with Gasteiger partial charge in [0.2, 0.25) is 5.91 Å². The molecule has 0 saturated heterocycles. The van der Waals surface area contributed by atoms with E-state index >= 15 is 0 Å². The fraction of sp³-hybridized carbons (Fsp3) is 0.120. The molecule has 0 aliphatic heterocycles. The van der Waals surface area contributed by atoms with Crippen molar-refractivity contribution >= 4 is 5.91 Å². The van der Waals surface area contributed by atoms with Crippen molar-refractivity contribution in [2.24, 2.45) is 0 Å². The monoisotopic (exact) mass is 399 g/mol. The Kier molecular flexibility index (Phi) is 5.70. The van der Waals surface area contributed by atoms with E-state index in [1.165, 1.54) is 6.07 Å². The van der Waals surface area contributed by atoms with Crippen LogP contribution in [0, 0.1) is 5.82 Å². The summed E-state index contributed by atoms with van der Waals surface area (Å²) in [5.41, 5.74) is 4.08. The zero-order chi connectivity index (χ0) is 20.9. The summed E-state index contributed by atoms with van der Waals surface area (Å²) in [6, 6.07) is 26.1. The standard InChI is InChI=1S/C25H22FN3O/c1-28(24(30)16-20-12-8-9-15-23(20)26)17-21-18-29(22-13-6-3-7-14-22)27-25(21)19-10-4-2-5-11-19/h2-15,18H,16-17H2,1H3. The second-order valence-electron chi connectivity index (χ2n) is 7.17. The number of carbonyl (C=O) groups is 1. The van der Waals surface area contributed by atoms with Gasteiger partial charge in [0.05, 0.1) is 17.8 Å². The lowest BCUT2D eigenvalue weighted by Crippen LogP contribution is -2.28. The second-order valence-corrected chi connectivity index (χ2v) is 7.17. The highest BCUT2D eigenvalue weighted by molar-refractivity contribution is 5.79. The van der Waals surface area contributed by atoms with Crippen molar-refractivity contribution in [1.82, 2.24) is 14.7 Å². The Morgan fingerprint density at radius 1 is 0.900 bits per heavy atom. The predicted octanol–water partition coefficient (Wildman–Crippen LogP) is 4.88. The molecule has 5 heteroatoms. The molecule has 0 fully saturated rings. The molecular weight excluding hydrogens is 377 g/mol. The van der Waals surface area contributed by atoms with Gasteiger partial charge in [0, 0.05) is 30.9 Å². The summed E-state index contributed by atoms with van der Waals surface area (Å²) in [5.74, 6) is -0.507. The Bertz CT molecular complexity index is 1140. The summed E-state index contributed by atoms with van der Waals surface area (Å²) < 4.78 is 15.8. The van der Waals surface area contributed by atoms with Gasteiger partial charge in [-0.05, 0) is 23.8 Å². The molecule has 0 bridgehead atoms. The maximum absolute atomic E-state index is 13.9. The van der Waals surface area contributed by atoms with Crippen LogP contribution >= 0.6 is 0 Å². The number of likely N-dealkylation sites (N-methyl/N-ethyl adjacent to an activating group) is 1. The van der Waals surface area contributed by atoms with Crippen molar-refractivity contribution in [3.63, 3.8) is 0 Å². The van der Waals surface area contributed by atoms with E-state index in [1.807, 2.05) is 71.5 Å². The second kappa shape index (κ2) is 8.74. The minimum absolute atomic E-state index is 0.0245. The van der Waals surface area contributed by atoms with Gasteiger partial charge in [0.15, 0.2) is 0 Å². The molecule has 0 spiro atoms. The molecule has 4 aromatic rings. The lowest BCUT2D eigenvalue weighted by molar-refractivity contribution is -0.129. The van der Waals surface area contributed by atoms with E-state index in [4.69, 9.17) is 5.10 Å². The summed E-state index contributed by atoms with van der Waals surface area (Å²) in [4.78, 5) is 14.3. The number of nitrogens with zero attached hydrogens (tertiary/aromatic N) is 3. The molecule has 0 unspecified atom stereocenters. The number of hydrogen-bond acceptors (Lipinski definition) is 2.